The van der Waals surface area contributed by atoms with Gasteiger partial charge < -0.3 is 19.9 Å². The zero-order valence-corrected chi connectivity index (χ0v) is 15.5. The van der Waals surface area contributed by atoms with Crippen LogP contribution in [0.1, 0.15) is 12.1 Å². The van der Waals surface area contributed by atoms with Gasteiger partial charge in [-0.15, -0.1) is 0 Å². The van der Waals surface area contributed by atoms with Crippen molar-refractivity contribution in [1.82, 2.24) is 9.97 Å². The Labute approximate surface area is 160 Å². The number of halogens is 3. The summed E-state index contributed by atoms with van der Waals surface area (Å²) in [7, 11) is 3.21. The first-order valence-electron chi connectivity index (χ1n) is 8.65. The number of nitrogens with one attached hydrogen (secondary N) is 1. The fraction of sp³-hybridized carbons (Fsp3) is 0.389. The Bertz CT molecular complexity index is 857. The highest BCUT2D eigenvalue weighted by atomic mass is 19.4. The highest BCUT2D eigenvalue weighted by Crippen LogP contribution is 2.32. The first-order valence-corrected chi connectivity index (χ1v) is 8.65. The molecule has 1 aliphatic rings. The average Bonchev–Trinajstić information content (AvgIpc) is 2.65. The van der Waals surface area contributed by atoms with E-state index in [-0.39, 0.29) is 24.3 Å². The van der Waals surface area contributed by atoms with Crippen LogP contribution in [-0.2, 0) is 11.0 Å². The molecule has 0 saturated carbocycles. The number of ether oxygens (including phenoxy) is 1. The van der Waals surface area contributed by atoms with Crippen LogP contribution in [0.2, 0.25) is 0 Å². The van der Waals surface area contributed by atoms with E-state index in [1.54, 1.807) is 31.1 Å². The molecule has 0 unspecified atom stereocenters. The lowest BCUT2D eigenvalue weighted by atomic mass is 10.2. The van der Waals surface area contributed by atoms with Crippen molar-refractivity contribution in [2.75, 3.05) is 48.9 Å². The molecule has 0 spiro atoms. The monoisotopic (exact) mass is 395 g/mol. The standard InChI is InChI=1S/C18H20F3N5O2/c1-25(2)15-10-14(18(19,20)21)23-17(24-15)22-8-5-9-26-12-6-3-4-7-13(12)28-11-16(26)27/h3-4,6-7,10H,5,8-9,11H2,1-2H3,(H,22,23,24). The van der Waals surface area contributed by atoms with Gasteiger partial charge in [0.25, 0.3) is 5.91 Å². The van der Waals surface area contributed by atoms with Gasteiger partial charge in [0.2, 0.25) is 5.95 Å². The fourth-order valence-electron chi connectivity index (χ4n) is 2.72. The number of fused-ring (bicyclic) bond motifs is 1. The number of nitrogens with zero attached hydrogens (tertiary/aromatic N) is 4. The normalized spacial score (nSPS) is 13.8. The largest absolute Gasteiger partial charge is 0.482 e. The quantitative estimate of drug-likeness (QED) is 0.759. The van der Waals surface area contributed by atoms with E-state index in [1.165, 1.54) is 4.90 Å². The van der Waals surface area contributed by atoms with Gasteiger partial charge in [0, 0.05) is 33.3 Å². The van der Waals surface area contributed by atoms with Crippen molar-refractivity contribution in [2.24, 2.45) is 0 Å². The summed E-state index contributed by atoms with van der Waals surface area (Å²) in [5.74, 6) is 0.519. The smallest absolute Gasteiger partial charge is 0.433 e. The zero-order valence-electron chi connectivity index (χ0n) is 15.5. The maximum atomic E-state index is 13.0. The van der Waals surface area contributed by atoms with E-state index in [9.17, 15) is 18.0 Å². The molecule has 1 N–H and O–H groups in total. The van der Waals surface area contributed by atoms with Crippen molar-refractivity contribution in [3.63, 3.8) is 0 Å². The second-order valence-corrected chi connectivity index (χ2v) is 6.41. The average molecular weight is 395 g/mol. The molecule has 1 amide bonds. The van der Waals surface area contributed by atoms with Crippen LogP contribution in [-0.4, -0.2) is 49.7 Å². The summed E-state index contributed by atoms with van der Waals surface area (Å²) in [5.41, 5.74) is -0.324. The van der Waals surface area contributed by atoms with E-state index in [4.69, 9.17) is 4.74 Å². The molecule has 0 saturated heterocycles. The number of aromatic nitrogens is 2. The van der Waals surface area contributed by atoms with Gasteiger partial charge in [0.05, 0.1) is 5.69 Å². The number of carbonyl (C=O) groups is 1. The van der Waals surface area contributed by atoms with Gasteiger partial charge >= 0.3 is 6.18 Å². The van der Waals surface area contributed by atoms with Crippen LogP contribution in [0, 0.1) is 0 Å². The van der Waals surface area contributed by atoms with Gasteiger partial charge in [-0.1, -0.05) is 12.1 Å². The van der Waals surface area contributed by atoms with Crippen LogP contribution >= 0.6 is 0 Å². The van der Waals surface area contributed by atoms with Crippen molar-refractivity contribution in [2.45, 2.75) is 12.6 Å². The Kier molecular flexibility index (Phi) is 5.57. The van der Waals surface area contributed by atoms with E-state index >= 15 is 0 Å². The highest BCUT2D eigenvalue weighted by Gasteiger charge is 2.34. The number of hydrogen-bond donors (Lipinski definition) is 1. The number of carbonyl (C=O) groups excluding carboxylic acids is 1. The Morgan fingerprint density at radius 2 is 2.00 bits per heavy atom. The Morgan fingerprint density at radius 1 is 1.25 bits per heavy atom. The summed E-state index contributed by atoms with van der Waals surface area (Å²) in [6.07, 6.45) is -4.06. The number of hydrogen-bond acceptors (Lipinski definition) is 6. The van der Waals surface area contributed by atoms with E-state index in [0.717, 1.165) is 6.07 Å². The summed E-state index contributed by atoms with van der Waals surface area (Å²) in [6.45, 7) is 0.667. The molecule has 3 rings (SSSR count). The second kappa shape index (κ2) is 7.91. The highest BCUT2D eigenvalue weighted by molar-refractivity contribution is 5.97. The van der Waals surface area contributed by atoms with Gasteiger partial charge in [0.15, 0.2) is 12.3 Å². The van der Waals surface area contributed by atoms with Gasteiger partial charge in [-0.2, -0.15) is 18.2 Å². The minimum atomic E-state index is -4.56. The van der Waals surface area contributed by atoms with E-state index < -0.39 is 11.9 Å². The van der Waals surface area contributed by atoms with Crippen LogP contribution < -0.4 is 19.9 Å². The molecule has 1 aromatic heterocycles. The van der Waals surface area contributed by atoms with Crippen molar-refractivity contribution in [1.29, 1.82) is 0 Å². The van der Waals surface area contributed by atoms with E-state index in [1.807, 2.05) is 12.1 Å². The molecule has 2 heterocycles. The molecule has 2 aromatic rings. The topological polar surface area (TPSA) is 70.6 Å². The van der Waals surface area contributed by atoms with Gasteiger partial charge in [-0.3, -0.25) is 4.79 Å². The Hall–Kier alpha value is -3.04. The number of benzene rings is 1. The summed E-state index contributed by atoms with van der Waals surface area (Å²) < 4.78 is 44.5. The molecule has 7 nitrogen and oxygen atoms in total. The molecular weight excluding hydrogens is 375 g/mol. The molecule has 0 bridgehead atoms. The van der Waals surface area contributed by atoms with Crippen LogP contribution in [0.25, 0.3) is 0 Å². The van der Waals surface area contributed by atoms with Crippen LogP contribution in [0.5, 0.6) is 5.75 Å². The van der Waals surface area contributed by atoms with Crippen molar-refractivity contribution < 1.29 is 22.7 Å². The lowest BCUT2D eigenvalue weighted by molar-refractivity contribution is -0.141. The van der Waals surface area contributed by atoms with Gasteiger partial charge in [0.1, 0.15) is 11.6 Å². The third kappa shape index (κ3) is 4.44. The zero-order chi connectivity index (χ0) is 20.3. The number of alkyl halides is 3. The maximum absolute atomic E-state index is 13.0. The van der Waals surface area contributed by atoms with Crippen LogP contribution in [0.4, 0.5) is 30.6 Å². The molecule has 0 aliphatic carbocycles. The number of amides is 1. The van der Waals surface area contributed by atoms with Crippen molar-refractivity contribution >= 4 is 23.4 Å². The molecule has 1 aliphatic heterocycles. The Morgan fingerprint density at radius 3 is 2.71 bits per heavy atom. The van der Waals surface area contributed by atoms with Crippen molar-refractivity contribution in [3.8, 4) is 5.75 Å². The molecule has 10 heteroatoms. The predicted octanol–water partition coefficient (Wildman–Crippen LogP) is 2.79. The third-order valence-electron chi connectivity index (χ3n) is 4.11. The molecule has 28 heavy (non-hydrogen) atoms. The molecule has 1 aromatic carbocycles. The summed E-state index contributed by atoms with van der Waals surface area (Å²) in [4.78, 5) is 22.8. The lowest BCUT2D eigenvalue weighted by Gasteiger charge is -2.29. The molecule has 150 valence electrons. The number of para-hydroxylation sites is 2. The fourth-order valence-corrected chi connectivity index (χ4v) is 2.72. The molecule has 0 radical (unpaired) electrons. The maximum Gasteiger partial charge on any atom is 0.433 e. The summed E-state index contributed by atoms with van der Waals surface area (Å²) in [5, 5.41) is 2.81. The first kappa shape index (κ1) is 19.7. The second-order valence-electron chi connectivity index (χ2n) is 6.41. The van der Waals surface area contributed by atoms with Crippen LogP contribution in [0.3, 0.4) is 0 Å². The minimum Gasteiger partial charge on any atom is -0.482 e. The summed E-state index contributed by atoms with van der Waals surface area (Å²) in [6, 6.07) is 8.10. The Balaban J connectivity index is 1.64. The first-order chi connectivity index (χ1) is 13.3. The number of anilines is 3. The predicted molar refractivity (Wildman–Crippen MR) is 98.8 cm³/mol. The molecule has 0 atom stereocenters. The minimum absolute atomic E-state index is 0.0343. The molecule has 0 fully saturated rings. The number of rotatable bonds is 6. The van der Waals surface area contributed by atoms with E-state index in [2.05, 4.69) is 15.3 Å². The SMILES string of the molecule is CN(C)c1cc(C(F)(F)F)nc(NCCCN2C(=O)COc3ccccc32)n1. The van der Waals surface area contributed by atoms with Crippen molar-refractivity contribution in [3.05, 3.63) is 36.0 Å². The lowest BCUT2D eigenvalue weighted by Crippen LogP contribution is -2.39. The molecular formula is C18H20F3N5O2. The third-order valence-corrected chi connectivity index (χ3v) is 4.11. The van der Waals surface area contributed by atoms with Gasteiger partial charge in [-0.05, 0) is 18.6 Å². The van der Waals surface area contributed by atoms with Crippen LogP contribution in [0.15, 0.2) is 30.3 Å². The summed E-state index contributed by atoms with van der Waals surface area (Å²) >= 11 is 0. The van der Waals surface area contributed by atoms with Gasteiger partial charge in [-0.25, -0.2) is 4.98 Å². The van der Waals surface area contributed by atoms with E-state index in [0.29, 0.717) is 30.9 Å².